The number of hydrogen-bond acceptors (Lipinski definition) is 5. The molecule has 0 radical (unpaired) electrons. The van der Waals surface area contributed by atoms with E-state index in [0.29, 0.717) is 18.2 Å². The Morgan fingerprint density at radius 3 is 2.79 bits per heavy atom. The van der Waals surface area contributed by atoms with Crippen molar-refractivity contribution in [2.45, 2.75) is 38.9 Å². The van der Waals surface area contributed by atoms with Crippen LogP contribution in [0.1, 0.15) is 35.6 Å². The van der Waals surface area contributed by atoms with Crippen molar-refractivity contribution in [2.24, 2.45) is 10.2 Å². The Hall–Kier alpha value is -2.60. The molecule has 0 spiro atoms. The second-order valence-electron chi connectivity index (χ2n) is 6.75. The number of nitrogens with zero attached hydrogens (tertiary/aromatic N) is 2. The quantitative estimate of drug-likeness (QED) is 0.563. The number of ether oxygens (including phenoxy) is 1. The van der Waals surface area contributed by atoms with Gasteiger partial charge in [0.05, 0.1) is 18.1 Å². The van der Waals surface area contributed by atoms with Crippen LogP contribution in [0.25, 0.3) is 0 Å². The first-order chi connectivity index (χ1) is 13.6. The first-order valence-corrected chi connectivity index (χ1v) is 10.3. The number of rotatable bonds is 7. The van der Waals surface area contributed by atoms with E-state index in [1.54, 1.807) is 6.21 Å². The minimum absolute atomic E-state index is 0.0242. The highest BCUT2D eigenvalue weighted by atomic mass is 32.2. The number of benzene rings is 2. The van der Waals surface area contributed by atoms with E-state index in [2.05, 4.69) is 54.5 Å². The van der Waals surface area contributed by atoms with Gasteiger partial charge in [0, 0.05) is 5.56 Å². The molecule has 1 amide bonds. The predicted molar refractivity (Wildman–Crippen MR) is 116 cm³/mol. The first-order valence-electron chi connectivity index (χ1n) is 9.43. The van der Waals surface area contributed by atoms with Crippen molar-refractivity contribution >= 4 is 29.1 Å². The third-order valence-electron chi connectivity index (χ3n) is 4.49. The first kappa shape index (κ1) is 20.1. The molecule has 0 aromatic heterocycles. The van der Waals surface area contributed by atoms with Crippen LogP contribution in [-0.2, 0) is 11.2 Å². The Kier molecular flexibility index (Phi) is 6.87. The summed E-state index contributed by atoms with van der Waals surface area (Å²) in [6, 6.07) is 14.0. The van der Waals surface area contributed by atoms with Gasteiger partial charge < -0.3 is 10.1 Å². The van der Waals surface area contributed by atoms with Crippen LogP contribution >= 0.6 is 11.8 Å². The molecular weight excluding hydrogens is 370 g/mol. The fourth-order valence-electron chi connectivity index (χ4n) is 2.81. The van der Waals surface area contributed by atoms with Crippen LogP contribution in [-0.4, -0.2) is 29.1 Å². The summed E-state index contributed by atoms with van der Waals surface area (Å²) < 4.78 is 5.71. The van der Waals surface area contributed by atoms with E-state index in [9.17, 15) is 4.79 Å². The van der Waals surface area contributed by atoms with Gasteiger partial charge in [0.25, 0.3) is 0 Å². The number of amidine groups is 1. The third-order valence-corrected chi connectivity index (χ3v) is 5.57. The molecule has 1 aliphatic heterocycles. The zero-order chi connectivity index (χ0) is 19.9. The zero-order valence-corrected chi connectivity index (χ0v) is 17.3. The molecule has 28 heavy (non-hydrogen) atoms. The molecule has 1 heterocycles. The smallest absolute Gasteiger partial charge is 0.239 e. The van der Waals surface area contributed by atoms with Crippen molar-refractivity contribution in [3.8, 4) is 5.75 Å². The van der Waals surface area contributed by atoms with Crippen molar-refractivity contribution in [1.29, 1.82) is 0 Å². The average Bonchev–Trinajstić information content (AvgIpc) is 3.03. The number of amides is 1. The second kappa shape index (κ2) is 9.55. The Morgan fingerprint density at radius 2 is 2.00 bits per heavy atom. The van der Waals surface area contributed by atoms with Gasteiger partial charge in [-0.25, -0.2) is 0 Å². The lowest BCUT2D eigenvalue weighted by atomic mass is 10.0. The van der Waals surface area contributed by atoms with Crippen molar-refractivity contribution in [3.63, 3.8) is 0 Å². The molecule has 0 aliphatic carbocycles. The molecule has 1 saturated heterocycles. The van der Waals surface area contributed by atoms with Gasteiger partial charge in [-0.15, -0.1) is 5.10 Å². The fourth-order valence-corrected chi connectivity index (χ4v) is 3.77. The summed E-state index contributed by atoms with van der Waals surface area (Å²) >= 11 is 1.42. The molecule has 0 saturated carbocycles. The Bertz CT molecular complexity index is 908. The summed E-state index contributed by atoms with van der Waals surface area (Å²) in [6.45, 7) is 6.90. The molecule has 1 aliphatic rings. The van der Waals surface area contributed by atoms with Gasteiger partial charge in [0.15, 0.2) is 5.17 Å². The monoisotopic (exact) mass is 395 g/mol. The number of aryl methyl sites for hydroxylation is 2. The molecule has 0 bridgehead atoms. The third kappa shape index (κ3) is 5.23. The molecule has 5 nitrogen and oxygen atoms in total. The number of carbonyl (C=O) groups excluding carboxylic acids is 1. The maximum atomic E-state index is 12.3. The van der Waals surface area contributed by atoms with E-state index >= 15 is 0 Å². The number of hydrogen-bond donors (Lipinski definition) is 1. The van der Waals surface area contributed by atoms with Crippen LogP contribution in [0.3, 0.4) is 0 Å². The molecule has 0 unspecified atom stereocenters. The minimum atomic E-state index is -0.184. The zero-order valence-electron chi connectivity index (χ0n) is 16.4. The summed E-state index contributed by atoms with van der Waals surface area (Å²) in [6.07, 6.45) is 3.27. The Morgan fingerprint density at radius 1 is 1.18 bits per heavy atom. The molecule has 1 N–H and O–H groups in total. The van der Waals surface area contributed by atoms with Crippen molar-refractivity contribution in [3.05, 3.63) is 64.7 Å². The van der Waals surface area contributed by atoms with E-state index in [1.165, 1.54) is 22.9 Å². The summed E-state index contributed by atoms with van der Waals surface area (Å²) in [4.78, 5) is 12.3. The maximum Gasteiger partial charge on any atom is 0.239 e. The van der Waals surface area contributed by atoms with Gasteiger partial charge in [0.2, 0.25) is 5.91 Å². The lowest BCUT2D eigenvalue weighted by molar-refractivity contribution is -0.118. The van der Waals surface area contributed by atoms with E-state index in [0.717, 1.165) is 23.3 Å². The van der Waals surface area contributed by atoms with Crippen LogP contribution in [0.5, 0.6) is 5.75 Å². The van der Waals surface area contributed by atoms with E-state index < -0.39 is 0 Å². The largest absolute Gasteiger partial charge is 0.493 e. The summed E-state index contributed by atoms with van der Waals surface area (Å²) in [7, 11) is 0. The standard InChI is InChI=1S/C22H25N3O2S/c1-4-11-27-19-8-6-5-7-18(19)14-23-25-22-24-21(26)20(28-22)13-17-10-9-15(2)16(3)12-17/h5-10,12,14,20H,4,11,13H2,1-3H3,(H,24,25,26)/b23-14-/t20-/m0/s1. The topological polar surface area (TPSA) is 63.1 Å². The van der Waals surface area contributed by atoms with Crippen LogP contribution < -0.4 is 10.1 Å². The molecule has 2 aromatic carbocycles. The van der Waals surface area contributed by atoms with Gasteiger partial charge in [-0.05, 0) is 55.5 Å². The number of thioether (sulfide) groups is 1. The van der Waals surface area contributed by atoms with E-state index in [-0.39, 0.29) is 11.2 Å². The van der Waals surface area contributed by atoms with Gasteiger partial charge in [-0.3, -0.25) is 4.79 Å². The average molecular weight is 396 g/mol. The molecule has 1 atom stereocenters. The van der Waals surface area contributed by atoms with Gasteiger partial charge in [-0.2, -0.15) is 5.10 Å². The van der Waals surface area contributed by atoms with Crippen LogP contribution in [0.15, 0.2) is 52.7 Å². The minimum Gasteiger partial charge on any atom is -0.493 e. The van der Waals surface area contributed by atoms with Crippen molar-refractivity contribution in [2.75, 3.05) is 6.61 Å². The van der Waals surface area contributed by atoms with E-state index in [1.807, 2.05) is 24.3 Å². The lowest BCUT2D eigenvalue weighted by Crippen LogP contribution is -2.26. The molecule has 1 fully saturated rings. The van der Waals surface area contributed by atoms with E-state index in [4.69, 9.17) is 4.74 Å². The molecule has 6 heteroatoms. The number of carbonyl (C=O) groups is 1. The molecule has 3 rings (SSSR count). The summed E-state index contributed by atoms with van der Waals surface area (Å²) in [5.41, 5.74) is 4.51. The van der Waals surface area contributed by atoms with Gasteiger partial charge in [0.1, 0.15) is 5.75 Å². The molecule has 146 valence electrons. The Labute approximate surface area is 170 Å². The SMILES string of the molecule is CCCOc1ccccc1/C=N\N=C1/NC(=O)[C@H](Cc2ccc(C)c(C)c2)S1. The summed E-state index contributed by atoms with van der Waals surface area (Å²) in [5.74, 6) is 0.757. The fraction of sp³-hybridized carbons (Fsp3) is 0.318. The Balaban J connectivity index is 1.64. The highest BCUT2D eigenvalue weighted by Crippen LogP contribution is 2.24. The second-order valence-corrected chi connectivity index (χ2v) is 7.95. The number of para-hydroxylation sites is 1. The van der Waals surface area contributed by atoms with Crippen molar-refractivity contribution < 1.29 is 9.53 Å². The number of nitrogens with one attached hydrogen (secondary N) is 1. The maximum absolute atomic E-state index is 12.3. The summed E-state index contributed by atoms with van der Waals surface area (Å²) in [5, 5.41) is 11.5. The van der Waals surface area contributed by atoms with Crippen LogP contribution in [0.4, 0.5) is 0 Å². The normalized spacial score (nSPS) is 18.0. The van der Waals surface area contributed by atoms with Crippen LogP contribution in [0, 0.1) is 13.8 Å². The van der Waals surface area contributed by atoms with Gasteiger partial charge >= 0.3 is 0 Å². The van der Waals surface area contributed by atoms with Crippen LogP contribution in [0.2, 0.25) is 0 Å². The highest BCUT2D eigenvalue weighted by molar-refractivity contribution is 8.15. The lowest BCUT2D eigenvalue weighted by Gasteiger charge is -2.07. The molecule has 2 aromatic rings. The highest BCUT2D eigenvalue weighted by Gasteiger charge is 2.30. The van der Waals surface area contributed by atoms with Crippen molar-refractivity contribution in [1.82, 2.24) is 5.32 Å². The predicted octanol–water partition coefficient (Wildman–Crippen LogP) is 4.26. The van der Waals surface area contributed by atoms with Gasteiger partial charge in [-0.1, -0.05) is 49.0 Å². The molecular formula is C22H25N3O2S.